The molecule has 0 saturated heterocycles. The molecule has 0 spiro atoms. The lowest BCUT2D eigenvalue weighted by atomic mass is 9.87. The Morgan fingerprint density at radius 1 is 0.733 bits per heavy atom. The molecule has 3 aromatic carbocycles. The summed E-state index contributed by atoms with van der Waals surface area (Å²) in [4.78, 5) is 4.51. The van der Waals surface area contributed by atoms with Crippen LogP contribution in [0, 0.1) is 5.41 Å². The maximum Gasteiger partial charge on any atom is 0.0704 e. The van der Waals surface area contributed by atoms with E-state index in [-0.39, 0.29) is 0 Å². The van der Waals surface area contributed by atoms with Gasteiger partial charge in [-0.05, 0) is 64.2 Å². The number of pyridine rings is 1. The van der Waals surface area contributed by atoms with Gasteiger partial charge in [0.1, 0.15) is 0 Å². The van der Waals surface area contributed by atoms with E-state index in [1.54, 1.807) is 30.5 Å². The molecule has 0 aliphatic carbocycles. The second-order valence-electron chi connectivity index (χ2n) is 8.42. The van der Waals surface area contributed by atoms with Crippen molar-refractivity contribution in [1.29, 1.82) is 0 Å². The largest absolute Gasteiger partial charge is 0.256 e. The molecule has 4 aromatic rings. The maximum atomic E-state index is 9.07. The summed E-state index contributed by atoms with van der Waals surface area (Å²) >= 11 is 0. The van der Waals surface area contributed by atoms with Crippen molar-refractivity contribution in [2.45, 2.75) is 33.5 Å². The number of nitrogens with zero attached hydrogens (tertiary/aromatic N) is 1. The van der Waals surface area contributed by atoms with Crippen LogP contribution in [-0.4, -0.2) is 4.98 Å². The normalized spacial score (nSPS) is 14.4. The highest BCUT2D eigenvalue weighted by Crippen LogP contribution is 2.31. The van der Waals surface area contributed by atoms with Gasteiger partial charge in [0.2, 0.25) is 0 Å². The van der Waals surface area contributed by atoms with E-state index in [0.717, 1.165) is 16.7 Å². The summed E-state index contributed by atoms with van der Waals surface area (Å²) in [5.74, 6) is 0. The molecular weight excluding hydrogens is 362 g/mol. The van der Waals surface area contributed by atoms with Crippen LogP contribution in [0.1, 0.15) is 42.9 Å². The summed E-state index contributed by atoms with van der Waals surface area (Å²) in [5, 5.41) is 0. The molecule has 1 heteroatoms. The van der Waals surface area contributed by atoms with Crippen molar-refractivity contribution >= 4 is 0 Å². The second-order valence-corrected chi connectivity index (χ2v) is 8.42. The van der Waals surface area contributed by atoms with Gasteiger partial charge in [-0.2, -0.15) is 0 Å². The smallest absolute Gasteiger partial charge is 0.0704 e. The van der Waals surface area contributed by atoms with Crippen molar-refractivity contribution in [2.75, 3.05) is 0 Å². The Labute approximate surface area is 186 Å². The molecule has 0 aliphatic heterocycles. The van der Waals surface area contributed by atoms with Crippen molar-refractivity contribution in [3.63, 3.8) is 0 Å². The molecule has 150 valence electrons. The zero-order valence-corrected chi connectivity index (χ0v) is 17.7. The number of aromatic nitrogens is 1. The molecule has 0 radical (unpaired) electrons. The average Bonchev–Trinajstić information content (AvgIpc) is 2.84. The van der Waals surface area contributed by atoms with Crippen LogP contribution < -0.4 is 0 Å². The fraction of sp³-hybridized carbons (Fsp3) is 0.207. The Morgan fingerprint density at radius 2 is 1.43 bits per heavy atom. The number of benzene rings is 3. The first-order valence-electron chi connectivity index (χ1n) is 12.2. The molecule has 0 N–H and O–H groups in total. The SMILES string of the molecule is [2H]C([2H])(c1ccccc1)c1cc(-c2cc(C([2H])([2H])C(C)(C)C)ccn2)ccc1-c1ccccc1. The second kappa shape index (κ2) is 8.67. The van der Waals surface area contributed by atoms with E-state index in [0.29, 0.717) is 22.4 Å². The first-order valence-corrected chi connectivity index (χ1v) is 10.2. The Morgan fingerprint density at radius 3 is 2.13 bits per heavy atom. The zero-order valence-electron chi connectivity index (χ0n) is 21.7. The third-order valence-corrected chi connectivity index (χ3v) is 4.73. The van der Waals surface area contributed by atoms with Crippen LogP contribution in [0.2, 0.25) is 0 Å². The summed E-state index contributed by atoms with van der Waals surface area (Å²) < 4.78 is 35.4. The summed E-state index contributed by atoms with van der Waals surface area (Å²) in [6.45, 7) is 5.65. The third-order valence-electron chi connectivity index (χ3n) is 4.73. The molecule has 1 nitrogen and oxygen atoms in total. The van der Waals surface area contributed by atoms with Gasteiger partial charge >= 0.3 is 0 Å². The Kier molecular flexibility index (Phi) is 4.51. The van der Waals surface area contributed by atoms with Gasteiger partial charge in [-0.1, -0.05) is 93.6 Å². The molecule has 30 heavy (non-hydrogen) atoms. The van der Waals surface area contributed by atoms with E-state index in [1.165, 1.54) is 0 Å². The van der Waals surface area contributed by atoms with Gasteiger partial charge in [0.15, 0.2) is 0 Å². The Balaban J connectivity index is 1.89. The van der Waals surface area contributed by atoms with Gasteiger partial charge in [0.05, 0.1) is 5.69 Å². The van der Waals surface area contributed by atoms with E-state index in [9.17, 15) is 0 Å². The molecule has 0 saturated carbocycles. The summed E-state index contributed by atoms with van der Waals surface area (Å²) in [5.41, 5.74) is 4.23. The summed E-state index contributed by atoms with van der Waals surface area (Å²) in [6.07, 6.45) is -1.65. The highest BCUT2D eigenvalue weighted by molar-refractivity contribution is 5.73. The maximum absolute atomic E-state index is 9.07. The molecule has 0 amide bonds. The lowest BCUT2D eigenvalue weighted by Gasteiger charge is -2.18. The van der Waals surface area contributed by atoms with Crippen molar-refractivity contribution in [2.24, 2.45) is 5.41 Å². The molecular formula is C29H29N. The fourth-order valence-corrected chi connectivity index (χ4v) is 3.45. The van der Waals surface area contributed by atoms with Crippen molar-refractivity contribution in [3.05, 3.63) is 114 Å². The van der Waals surface area contributed by atoms with Crippen LogP contribution in [0.15, 0.2) is 97.2 Å². The van der Waals surface area contributed by atoms with Crippen LogP contribution in [0.3, 0.4) is 0 Å². The van der Waals surface area contributed by atoms with Crippen LogP contribution in [0.25, 0.3) is 22.4 Å². The quantitative estimate of drug-likeness (QED) is 0.339. The van der Waals surface area contributed by atoms with Gasteiger partial charge in [-0.15, -0.1) is 0 Å². The molecule has 1 aromatic heterocycles. The fourth-order valence-electron chi connectivity index (χ4n) is 3.45. The lowest BCUT2D eigenvalue weighted by Crippen LogP contribution is -2.09. The van der Waals surface area contributed by atoms with Crippen LogP contribution in [0.5, 0.6) is 0 Å². The highest BCUT2D eigenvalue weighted by atomic mass is 14.7. The Bertz CT molecular complexity index is 1280. The summed E-state index contributed by atoms with van der Waals surface area (Å²) in [6, 6.07) is 28.2. The minimum Gasteiger partial charge on any atom is -0.256 e. The monoisotopic (exact) mass is 395 g/mol. The van der Waals surface area contributed by atoms with Gasteiger partial charge in [-0.25, -0.2) is 0 Å². The number of hydrogen-bond acceptors (Lipinski definition) is 1. The van der Waals surface area contributed by atoms with Crippen molar-refractivity contribution in [3.8, 4) is 22.4 Å². The van der Waals surface area contributed by atoms with E-state index in [2.05, 4.69) is 4.98 Å². The topological polar surface area (TPSA) is 12.9 Å². The van der Waals surface area contributed by atoms with E-state index >= 15 is 0 Å². The predicted octanol–water partition coefficient (Wildman–Crippen LogP) is 7.60. The van der Waals surface area contributed by atoms with Gasteiger partial charge in [0.25, 0.3) is 0 Å². The van der Waals surface area contributed by atoms with Crippen LogP contribution >= 0.6 is 0 Å². The molecule has 0 atom stereocenters. The van der Waals surface area contributed by atoms with Gasteiger partial charge in [0, 0.05) is 17.2 Å². The molecule has 0 bridgehead atoms. The highest BCUT2D eigenvalue weighted by Gasteiger charge is 2.13. The first-order chi connectivity index (χ1) is 16.0. The minimum atomic E-state index is -1.74. The van der Waals surface area contributed by atoms with Crippen LogP contribution in [0.4, 0.5) is 0 Å². The number of hydrogen-bond donors (Lipinski definition) is 0. The van der Waals surface area contributed by atoms with Crippen molar-refractivity contribution < 1.29 is 5.48 Å². The molecule has 1 heterocycles. The van der Waals surface area contributed by atoms with Gasteiger partial charge < -0.3 is 0 Å². The molecule has 0 fully saturated rings. The van der Waals surface area contributed by atoms with Crippen molar-refractivity contribution in [1.82, 2.24) is 4.98 Å². The van der Waals surface area contributed by atoms with E-state index in [1.807, 2.05) is 87.5 Å². The standard InChI is InChI=1S/C29H29N/c1-29(2,3)21-23-16-17-30-28(19-23)25-14-15-27(24-12-8-5-9-13-24)26(20-25)18-22-10-6-4-7-11-22/h4-17,19-20H,18,21H2,1-3H3/i18D2,21D2. The summed E-state index contributed by atoms with van der Waals surface area (Å²) in [7, 11) is 0. The molecule has 0 aliphatic rings. The first kappa shape index (κ1) is 15.6. The zero-order chi connectivity index (χ0) is 24.6. The molecule has 0 unspecified atom stereocenters. The number of rotatable bonds is 5. The van der Waals surface area contributed by atoms with Gasteiger partial charge in [-0.3, -0.25) is 4.98 Å². The lowest BCUT2D eigenvalue weighted by molar-refractivity contribution is 0.411. The Hall–Kier alpha value is -3.19. The minimum absolute atomic E-state index is 0.549. The van der Waals surface area contributed by atoms with E-state index < -0.39 is 18.2 Å². The predicted molar refractivity (Wildman–Crippen MR) is 128 cm³/mol. The third kappa shape index (κ3) is 5.04. The van der Waals surface area contributed by atoms with E-state index in [4.69, 9.17) is 5.48 Å². The average molecular weight is 396 g/mol. The van der Waals surface area contributed by atoms with Crippen LogP contribution in [-0.2, 0) is 12.7 Å². The molecule has 4 rings (SSSR count).